The Kier molecular flexibility index (Phi) is 2.95. The zero-order valence-corrected chi connectivity index (χ0v) is 9.93. The Hall–Kier alpha value is -2.10. The minimum absolute atomic E-state index is 0.184. The van der Waals surface area contributed by atoms with Gasteiger partial charge in [0.2, 0.25) is 12.1 Å². The second-order valence-corrected chi connectivity index (χ2v) is 3.98. The van der Waals surface area contributed by atoms with Gasteiger partial charge >= 0.3 is 0 Å². The number of hydrogen-bond donors (Lipinski definition) is 1. The number of aromatic nitrogens is 1. The first kappa shape index (κ1) is 11.4. The third-order valence-electron chi connectivity index (χ3n) is 2.77. The molecule has 1 amide bonds. The highest BCUT2D eigenvalue weighted by Crippen LogP contribution is 2.20. The summed E-state index contributed by atoms with van der Waals surface area (Å²) in [7, 11) is 1.64. The fourth-order valence-corrected chi connectivity index (χ4v) is 1.89. The summed E-state index contributed by atoms with van der Waals surface area (Å²) in [4.78, 5) is 11.0. The number of methoxy groups -OCH3 is 1. The van der Waals surface area contributed by atoms with Crippen molar-refractivity contribution in [3.8, 4) is 5.75 Å². The van der Waals surface area contributed by atoms with Crippen LogP contribution >= 0.6 is 0 Å². The van der Waals surface area contributed by atoms with Crippen LogP contribution < -0.4 is 15.0 Å². The molecule has 1 aromatic heterocycles. The number of carbonyl (C=O) groups is 1. The average Bonchev–Trinajstić information content (AvgIpc) is 2.32. The number of nitrogens with zero attached hydrogens (tertiary/aromatic N) is 1. The lowest BCUT2D eigenvalue weighted by atomic mass is 10.1. The predicted molar refractivity (Wildman–Crippen MR) is 64.6 cm³/mol. The molecule has 0 aliphatic carbocycles. The Morgan fingerprint density at radius 1 is 1.41 bits per heavy atom. The van der Waals surface area contributed by atoms with Crippen LogP contribution in [-0.2, 0) is 11.3 Å². The second-order valence-electron chi connectivity index (χ2n) is 3.98. The topological polar surface area (TPSA) is 56.2 Å². The van der Waals surface area contributed by atoms with E-state index in [9.17, 15) is 4.79 Å². The maximum Gasteiger partial charge on any atom is 0.283 e. The standard InChI is InChI=1S/C13H14N2O2/c1-9-5-6-15(8-13(14)16)12-4-3-10(17-2)7-11(9)12/h3-7H,8H2,1-2H3,(H-,14,16)/p+1. The first-order valence-electron chi connectivity index (χ1n) is 5.37. The number of nitrogens with two attached hydrogens (primary N) is 1. The van der Waals surface area contributed by atoms with Crippen LogP contribution in [0.25, 0.3) is 10.9 Å². The van der Waals surface area contributed by atoms with E-state index in [1.807, 2.05) is 42.0 Å². The Balaban J connectivity index is 2.64. The van der Waals surface area contributed by atoms with Crippen LogP contribution in [-0.4, -0.2) is 13.0 Å². The number of ether oxygens (including phenoxy) is 1. The van der Waals surface area contributed by atoms with Crippen molar-refractivity contribution in [3.05, 3.63) is 36.0 Å². The monoisotopic (exact) mass is 231 g/mol. The highest BCUT2D eigenvalue weighted by molar-refractivity contribution is 5.81. The van der Waals surface area contributed by atoms with Gasteiger partial charge < -0.3 is 10.5 Å². The van der Waals surface area contributed by atoms with E-state index in [2.05, 4.69) is 0 Å². The minimum atomic E-state index is -0.351. The molecule has 88 valence electrons. The Morgan fingerprint density at radius 2 is 2.18 bits per heavy atom. The van der Waals surface area contributed by atoms with Crippen LogP contribution in [0.15, 0.2) is 30.5 Å². The normalized spacial score (nSPS) is 10.5. The molecule has 0 unspecified atom stereocenters. The van der Waals surface area contributed by atoms with E-state index in [1.165, 1.54) is 0 Å². The van der Waals surface area contributed by atoms with E-state index < -0.39 is 0 Å². The van der Waals surface area contributed by atoms with Crippen LogP contribution in [0, 0.1) is 6.92 Å². The predicted octanol–water partition coefficient (Wildman–Crippen LogP) is 0.930. The molecule has 1 aromatic carbocycles. The van der Waals surface area contributed by atoms with Gasteiger partial charge in [-0.25, -0.2) is 0 Å². The first-order chi connectivity index (χ1) is 8.11. The van der Waals surface area contributed by atoms with Crippen LogP contribution in [0.4, 0.5) is 0 Å². The lowest BCUT2D eigenvalue weighted by molar-refractivity contribution is -0.658. The van der Waals surface area contributed by atoms with Crippen molar-refractivity contribution in [2.24, 2.45) is 5.73 Å². The van der Waals surface area contributed by atoms with Gasteiger partial charge in [0, 0.05) is 12.1 Å². The van der Waals surface area contributed by atoms with Crippen molar-refractivity contribution in [3.63, 3.8) is 0 Å². The molecule has 1 heterocycles. The molecule has 2 rings (SSSR count). The van der Waals surface area contributed by atoms with Crippen LogP contribution in [0.2, 0.25) is 0 Å². The lowest BCUT2D eigenvalue weighted by Crippen LogP contribution is -2.41. The molecule has 0 saturated heterocycles. The summed E-state index contributed by atoms with van der Waals surface area (Å²) in [5.74, 6) is 0.452. The SMILES string of the molecule is COc1ccc2c(c1)c(C)cc[n+]2CC(N)=O. The van der Waals surface area contributed by atoms with E-state index in [1.54, 1.807) is 7.11 Å². The van der Waals surface area contributed by atoms with Gasteiger partial charge in [0.05, 0.1) is 12.5 Å². The molecule has 2 aromatic rings. The third kappa shape index (κ3) is 2.20. The molecular formula is C13H15N2O2+. The first-order valence-corrected chi connectivity index (χ1v) is 5.37. The molecule has 0 aliphatic rings. The van der Waals surface area contributed by atoms with Crippen LogP contribution in [0.5, 0.6) is 5.75 Å². The van der Waals surface area contributed by atoms with Crippen molar-refractivity contribution in [1.82, 2.24) is 0 Å². The summed E-state index contributed by atoms with van der Waals surface area (Å²) in [6, 6.07) is 7.73. The van der Waals surface area contributed by atoms with E-state index in [0.29, 0.717) is 0 Å². The molecule has 4 heteroatoms. The molecule has 0 radical (unpaired) electrons. The highest BCUT2D eigenvalue weighted by Gasteiger charge is 2.13. The largest absolute Gasteiger partial charge is 0.497 e. The minimum Gasteiger partial charge on any atom is -0.497 e. The summed E-state index contributed by atoms with van der Waals surface area (Å²) in [5.41, 5.74) is 7.34. The van der Waals surface area contributed by atoms with Gasteiger partial charge in [0.15, 0.2) is 6.20 Å². The quantitative estimate of drug-likeness (QED) is 0.799. The Labute approximate surface area is 99.6 Å². The summed E-state index contributed by atoms with van der Waals surface area (Å²) in [6.07, 6.45) is 1.87. The number of benzene rings is 1. The molecule has 17 heavy (non-hydrogen) atoms. The van der Waals surface area contributed by atoms with E-state index in [4.69, 9.17) is 10.5 Å². The van der Waals surface area contributed by atoms with E-state index >= 15 is 0 Å². The number of aryl methyl sites for hydroxylation is 1. The van der Waals surface area contributed by atoms with Gasteiger partial charge in [0.1, 0.15) is 5.75 Å². The summed E-state index contributed by atoms with van der Waals surface area (Å²) in [6.45, 7) is 2.21. The summed E-state index contributed by atoms with van der Waals surface area (Å²) >= 11 is 0. The van der Waals surface area contributed by atoms with Gasteiger partial charge in [-0.3, -0.25) is 4.79 Å². The lowest BCUT2D eigenvalue weighted by Gasteiger charge is -2.04. The molecule has 0 aliphatic heterocycles. The van der Waals surface area contributed by atoms with E-state index in [-0.39, 0.29) is 12.5 Å². The number of fused-ring (bicyclic) bond motifs is 1. The zero-order valence-electron chi connectivity index (χ0n) is 9.93. The van der Waals surface area contributed by atoms with Crippen LogP contribution in [0.1, 0.15) is 5.56 Å². The maximum absolute atomic E-state index is 11.0. The molecule has 0 saturated carbocycles. The summed E-state index contributed by atoms with van der Waals surface area (Å²) in [5, 5.41) is 1.06. The number of primary amides is 1. The van der Waals surface area contributed by atoms with E-state index in [0.717, 1.165) is 22.2 Å². The molecule has 0 bridgehead atoms. The van der Waals surface area contributed by atoms with Gasteiger partial charge in [-0.05, 0) is 24.6 Å². The maximum atomic E-state index is 11.0. The molecular weight excluding hydrogens is 216 g/mol. The van der Waals surface area contributed by atoms with Crippen molar-refractivity contribution in [2.45, 2.75) is 13.5 Å². The third-order valence-corrected chi connectivity index (χ3v) is 2.77. The smallest absolute Gasteiger partial charge is 0.283 e. The second kappa shape index (κ2) is 4.41. The number of pyridine rings is 1. The zero-order chi connectivity index (χ0) is 12.4. The van der Waals surface area contributed by atoms with Crippen molar-refractivity contribution < 1.29 is 14.1 Å². The molecule has 2 N–H and O–H groups in total. The van der Waals surface area contributed by atoms with Gasteiger partial charge in [0.25, 0.3) is 5.91 Å². The number of rotatable bonds is 3. The number of amides is 1. The van der Waals surface area contributed by atoms with Gasteiger partial charge in [-0.2, -0.15) is 4.57 Å². The Morgan fingerprint density at radius 3 is 2.82 bits per heavy atom. The fourth-order valence-electron chi connectivity index (χ4n) is 1.89. The fraction of sp³-hybridized carbons (Fsp3) is 0.231. The molecule has 0 fully saturated rings. The highest BCUT2D eigenvalue weighted by atomic mass is 16.5. The van der Waals surface area contributed by atoms with Crippen molar-refractivity contribution in [1.29, 1.82) is 0 Å². The van der Waals surface area contributed by atoms with Crippen LogP contribution in [0.3, 0.4) is 0 Å². The number of hydrogen-bond acceptors (Lipinski definition) is 2. The van der Waals surface area contributed by atoms with Gasteiger partial charge in [-0.15, -0.1) is 0 Å². The Bertz CT molecular complexity index is 579. The van der Waals surface area contributed by atoms with Crippen molar-refractivity contribution >= 4 is 16.8 Å². The molecule has 4 nitrogen and oxygen atoms in total. The van der Waals surface area contributed by atoms with Crippen molar-refractivity contribution in [2.75, 3.05) is 7.11 Å². The molecule has 0 spiro atoms. The van der Waals surface area contributed by atoms with Gasteiger partial charge in [-0.1, -0.05) is 0 Å². The molecule has 0 atom stereocenters. The average molecular weight is 231 g/mol. The number of carbonyl (C=O) groups excluding carboxylic acids is 1. The summed E-state index contributed by atoms with van der Waals surface area (Å²) < 4.78 is 7.03.